The van der Waals surface area contributed by atoms with Crippen LogP contribution in [-0.2, 0) is 13.0 Å². The number of aromatic amines is 1. The minimum Gasteiger partial charge on any atom is -0.342 e. The lowest BCUT2D eigenvalue weighted by Crippen LogP contribution is -2.16. The van der Waals surface area contributed by atoms with Crippen molar-refractivity contribution in [2.45, 2.75) is 26.3 Å². The van der Waals surface area contributed by atoms with Crippen molar-refractivity contribution in [3.05, 3.63) is 77.6 Å². The van der Waals surface area contributed by atoms with E-state index in [-0.39, 0.29) is 5.82 Å². The smallest absolute Gasteiger partial charge is 0.159 e. The van der Waals surface area contributed by atoms with E-state index in [0.29, 0.717) is 0 Å². The van der Waals surface area contributed by atoms with E-state index in [1.54, 1.807) is 6.07 Å². The fourth-order valence-corrected chi connectivity index (χ4v) is 3.15. The number of nitrogens with one attached hydrogen (secondary N) is 2. The van der Waals surface area contributed by atoms with Crippen molar-refractivity contribution in [2.24, 2.45) is 0 Å². The van der Waals surface area contributed by atoms with Crippen molar-refractivity contribution in [1.82, 2.24) is 25.3 Å². The lowest BCUT2D eigenvalue weighted by molar-refractivity contribution is 0.629. The molecule has 5 nitrogen and oxygen atoms in total. The molecule has 0 atom stereocenters. The molecule has 0 bridgehead atoms. The summed E-state index contributed by atoms with van der Waals surface area (Å²) in [5, 5.41) is 3.40. The van der Waals surface area contributed by atoms with E-state index >= 15 is 0 Å². The number of imidazole rings is 1. The number of hydrogen-bond donors (Lipinski definition) is 2. The van der Waals surface area contributed by atoms with E-state index in [4.69, 9.17) is 0 Å². The van der Waals surface area contributed by atoms with Crippen LogP contribution in [-0.4, -0.2) is 26.5 Å². The van der Waals surface area contributed by atoms with Gasteiger partial charge in [-0.3, -0.25) is 0 Å². The lowest BCUT2D eigenvalue weighted by atomic mass is 10.1. The van der Waals surface area contributed by atoms with Crippen LogP contribution < -0.4 is 5.32 Å². The van der Waals surface area contributed by atoms with Gasteiger partial charge in [0, 0.05) is 36.5 Å². The number of H-pyrrole nitrogens is 1. The number of rotatable bonds is 7. The molecule has 2 aromatic carbocycles. The van der Waals surface area contributed by atoms with Crippen LogP contribution in [0.2, 0.25) is 0 Å². The summed E-state index contributed by atoms with van der Waals surface area (Å²) >= 11 is 0. The maximum Gasteiger partial charge on any atom is 0.159 e. The van der Waals surface area contributed by atoms with Gasteiger partial charge < -0.3 is 10.3 Å². The van der Waals surface area contributed by atoms with E-state index in [2.05, 4.69) is 44.3 Å². The molecule has 0 aliphatic rings. The number of aryl methyl sites for hydroxylation is 2. The third kappa shape index (κ3) is 4.40. The molecule has 0 aliphatic heterocycles. The van der Waals surface area contributed by atoms with Crippen LogP contribution in [0.1, 0.15) is 23.4 Å². The SMILES string of the molecule is Cc1cccc(-c2ncc(CNCCCc3nc4ccc(F)cc4[nH]3)cn2)c1. The molecule has 2 N–H and O–H groups in total. The maximum absolute atomic E-state index is 13.2. The normalized spacial score (nSPS) is 11.2. The van der Waals surface area contributed by atoms with Crippen LogP contribution in [0.5, 0.6) is 0 Å². The number of benzene rings is 2. The average molecular weight is 375 g/mol. The predicted octanol–water partition coefficient (Wildman–Crippen LogP) is 4.19. The molecule has 28 heavy (non-hydrogen) atoms. The Balaban J connectivity index is 1.24. The molecule has 4 aromatic rings. The number of hydrogen-bond acceptors (Lipinski definition) is 4. The third-order valence-corrected chi connectivity index (χ3v) is 4.57. The standard InChI is InChI=1S/C22H22FN5/c1-15-4-2-5-17(10-15)22-25-13-16(14-26-22)12-24-9-3-6-21-27-19-8-7-18(23)11-20(19)28-21/h2,4-5,7-8,10-11,13-14,24H,3,6,9,12H2,1H3,(H,27,28). The predicted molar refractivity (Wildman–Crippen MR) is 108 cm³/mol. The van der Waals surface area contributed by atoms with Crippen LogP contribution in [0, 0.1) is 12.7 Å². The van der Waals surface area contributed by atoms with Crippen molar-refractivity contribution in [1.29, 1.82) is 0 Å². The molecule has 4 rings (SSSR count). The Morgan fingerprint density at radius 3 is 2.75 bits per heavy atom. The third-order valence-electron chi connectivity index (χ3n) is 4.57. The Morgan fingerprint density at radius 1 is 1.07 bits per heavy atom. The fourth-order valence-electron chi connectivity index (χ4n) is 3.15. The molecule has 0 spiro atoms. The Bertz CT molecular complexity index is 1070. The first-order valence-electron chi connectivity index (χ1n) is 9.40. The monoisotopic (exact) mass is 375 g/mol. The second-order valence-corrected chi connectivity index (χ2v) is 6.91. The summed E-state index contributed by atoms with van der Waals surface area (Å²) in [4.78, 5) is 16.6. The van der Waals surface area contributed by atoms with Crippen LogP contribution >= 0.6 is 0 Å². The Labute approximate surface area is 163 Å². The zero-order valence-corrected chi connectivity index (χ0v) is 15.7. The van der Waals surface area contributed by atoms with Gasteiger partial charge in [0.15, 0.2) is 5.82 Å². The molecule has 6 heteroatoms. The molecule has 0 saturated heterocycles. The highest BCUT2D eigenvalue weighted by Gasteiger charge is 2.04. The van der Waals surface area contributed by atoms with Crippen LogP contribution in [0.15, 0.2) is 54.9 Å². The van der Waals surface area contributed by atoms with Gasteiger partial charge in [-0.25, -0.2) is 19.3 Å². The zero-order valence-electron chi connectivity index (χ0n) is 15.7. The fraction of sp³-hybridized carbons (Fsp3) is 0.227. The Kier molecular flexibility index (Phi) is 5.39. The Hall–Kier alpha value is -3.12. The topological polar surface area (TPSA) is 66.5 Å². The van der Waals surface area contributed by atoms with Gasteiger partial charge in [-0.15, -0.1) is 0 Å². The van der Waals surface area contributed by atoms with Gasteiger partial charge in [-0.1, -0.05) is 23.8 Å². The Morgan fingerprint density at radius 2 is 1.93 bits per heavy atom. The summed E-state index contributed by atoms with van der Waals surface area (Å²) in [6.45, 7) is 3.63. The first-order chi connectivity index (χ1) is 13.7. The quantitative estimate of drug-likeness (QED) is 0.475. The molecule has 0 fully saturated rings. The van der Waals surface area contributed by atoms with E-state index < -0.39 is 0 Å². The molecule has 2 heterocycles. The van der Waals surface area contributed by atoms with Gasteiger partial charge in [-0.2, -0.15) is 0 Å². The summed E-state index contributed by atoms with van der Waals surface area (Å²) in [5.41, 5.74) is 4.83. The van der Waals surface area contributed by atoms with Crippen LogP contribution in [0.4, 0.5) is 4.39 Å². The van der Waals surface area contributed by atoms with Gasteiger partial charge in [-0.05, 0) is 44.2 Å². The van der Waals surface area contributed by atoms with Gasteiger partial charge in [0.05, 0.1) is 11.0 Å². The van der Waals surface area contributed by atoms with Crippen LogP contribution in [0.25, 0.3) is 22.4 Å². The zero-order chi connectivity index (χ0) is 19.3. The van der Waals surface area contributed by atoms with Gasteiger partial charge in [0.25, 0.3) is 0 Å². The van der Waals surface area contributed by atoms with E-state index in [1.165, 1.54) is 17.7 Å². The molecule has 0 saturated carbocycles. The second kappa shape index (κ2) is 8.27. The number of aromatic nitrogens is 4. The molecule has 0 aliphatic carbocycles. The highest BCUT2D eigenvalue weighted by atomic mass is 19.1. The molecule has 2 aromatic heterocycles. The van der Waals surface area contributed by atoms with Crippen molar-refractivity contribution in [3.63, 3.8) is 0 Å². The van der Waals surface area contributed by atoms with Gasteiger partial charge >= 0.3 is 0 Å². The van der Waals surface area contributed by atoms with E-state index in [0.717, 1.165) is 59.7 Å². The van der Waals surface area contributed by atoms with Crippen molar-refractivity contribution < 1.29 is 4.39 Å². The number of fused-ring (bicyclic) bond motifs is 1. The summed E-state index contributed by atoms with van der Waals surface area (Å²) in [7, 11) is 0. The van der Waals surface area contributed by atoms with Gasteiger partial charge in [0.1, 0.15) is 11.6 Å². The second-order valence-electron chi connectivity index (χ2n) is 6.91. The summed E-state index contributed by atoms with van der Waals surface area (Å²) in [6, 6.07) is 12.8. The first kappa shape index (κ1) is 18.3. The van der Waals surface area contributed by atoms with Crippen molar-refractivity contribution >= 4 is 11.0 Å². The van der Waals surface area contributed by atoms with Crippen LogP contribution in [0.3, 0.4) is 0 Å². The highest BCUT2D eigenvalue weighted by Crippen LogP contribution is 2.16. The minimum atomic E-state index is -0.250. The van der Waals surface area contributed by atoms with Crippen molar-refractivity contribution in [3.8, 4) is 11.4 Å². The largest absolute Gasteiger partial charge is 0.342 e. The minimum absolute atomic E-state index is 0.250. The van der Waals surface area contributed by atoms with Crippen molar-refractivity contribution in [2.75, 3.05) is 6.54 Å². The first-order valence-corrected chi connectivity index (χ1v) is 9.40. The van der Waals surface area contributed by atoms with E-state index in [1.807, 2.05) is 24.5 Å². The molecular weight excluding hydrogens is 353 g/mol. The number of nitrogens with zero attached hydrogens (tertiary/aromatic N) is 3. The summed E-state index contributed by atoms with van der Waals surface area (Å²) in [6.07, 6.45) is 5.48. The average Bonchev–Trinajstić information content (AvgIpc) is 3.10. The van der Waals surface area contributed by atoms with Gasteiger partial charge in [0.2, 0.25) is 0 Å². The molecular formula is C22H22FN5. The summed E-state index contributed by atoms with van der Waals surface area (Å²) in [5.74, 6) is 1.38. The molecule has 0 unspecified atom stereocenters. The molecule has 142 valence electrons. The molecule has 0 amide bonds. The molecule has 0 radical (unpaired) electrons. The highest BCUT2D eigenvalue weighted by molar-refractivity contribution is 5.74. The summed E-state index contributed by atoms with van der Waals surface area (Å²) < 4.78 is 13.2. The lowest BCUT2D eigenvalue weighted by Gasteiger charge is -2.05. The number of halogens is 1. The maximum atomic E-state index is 13.2. The van der Waals surface area contributed by atoms with E-state index in [9.17, 15) is 4.39 Å².